The standard InChI is InChI=1S/C12H21N3O2/c1-2-13-9-11(16)14-5-7-15(8-6-14)12(17)10-3-4-10/h10,13H,2-9H2,1H3. The van der Waals surface area contributed by atoms with Crippen LogP contribution in [-0.4, -0.2) is 60.9 Å². The lowest BCUT2D eigenvalue weighted by molar-refractivity contribution is -0.139. The number of rotatable bonds is 4. The minimum absolute atomic E-state index is 0.144. The van der Waals surface area contributed by atoms with Crippen LogP contribution >= 0.6 is 0 Å². The van der Waals surface area contributed by atoms with Gasteiger partial charge in [-0.1, -0.05) is 6.92 Å². The van der Waals surface area contributed by atoms with E-state index in [4.69, 9.17) is 0 Å². The minimum atomic E-state index is 0.144. The SMILES string of the molecule is CCNCC(=O)N1CCN(C(=O)C2CC2)CC1. The van der Waals surface area contributed by atoms with Crippen molar-refractivity contribution in [1.29, 1.82) is 0 Å². The maximum absolute atomic E-state index is 11.8. The van der Waals surface area contributed by atoms with Gasteiger partial charge in [-0.25, -0.2) is 0 Å². The van der Waals surface area contributed by atoms with Crippen LogP contribution in [0.1, 0.15) is 19.8 Å². The average Bonchev–Trinajstić information content (AvgIpc) is 3.19. The van der Waals surface area contributed by atoms with Crippen molar-refractivity contribution in [2.24, 2.45) is 5.92 Å². The number of hydrogen-bond donors (Lipinski definition) is 1. The molecule has 2 fully saturated rings. The van der Waals surface area contributed by atoms with Gasteiger partial charge >= 0.3 is 0 Å². The fourth-order valence-electron chi connectivity index (χ4n) is 2.11. The second kappa shape index (κ2) is 5.49. The fraction of sp³-hybridized carbons (Fsp3) is 0.833. The van der Waals surface area contributed by atoms with E-state index in [2.05, 4.69) is 5.32 Å². The zero-order valence-corrected chi connectivity index (χ0v) is 10.4. The van der Waals surface area contributed by atoms with E-state index in [1.54, 1.807) is 0 Å². The Labute approximate surface area is 102 Å². The number of piperazine rings is 1. The van der Waals surface area contributed by atoms with Crippen LogP contribution in [0.2, 0.25) is 0 Å². The van der Waals surface area contributed by atoms with Crippen molar-refractivity contribution < 1.29 is 9.59 Å². The van der Waals surface area contributed by atoms with Crippen LogP contribution in [0.5, 0.6) is 0 Å². The molecule has 1 saturated heterocycles. The highest BCUT2D eigenvalue weighted by Crippen LogP contribution is 2.31. The number of likely N-dealkylation sites (N-methyl/N-ethyl adjacent to an activating group) is 1. The van der Waals surface area contributed by atoms with Gasteiger partial charge in [0, 0.05) is 32.1 Å². The number of nitrogens with one attached hydrogen (secondary N) is 1. The molecule has 0 aromatic rings. The zero-order chi connectivity index (χ0) is 12.3. The molecule has 96 valence electrons. The molecule has 0 aromatic heterocycles. The van der Waals surface area contributed by atoms with Crippen molar-refractivity contribution in [3.05, 3.63) is 0 Å². The molecule has 0 unspecified atom stereocenters. The number of carbonyl (C=O) groups is 2. The molecular weight excluding hydrogens is 218 g/mol. The van der Waals surface area contributed by atoms with Crippen LogP contribution in [0, 0.1) is 5.92 Å². The first-order chi connectivity index (χ1) is 8.22. The summed E-state index contributed by atoms with van der Waals surface area (Å²) in [4.78, 5) is 27.3. The van der Waals surface area contributed by atoms with Gasteiger partial charge in [-0.3, -0.25) is 9.59 Å². The minimum Gasteiger partial charge on any atom is -0.339 e. The monoisotopic (exact) mass is 239 g/mol. The van der Waals surface area contributed by atoms with Gasteiger partial charge in [-0.05, 0) is 19.4 Å². The van der Waals surface area contributed by atoms with Crippen LogP contribution < -0.4 is 5.32 Å². The van der Waals surface area contributed by atoms with Crippen molar-refractivity contribution >= 4 is 11.8 Å². The van der Waals surface area contributed by atoms with Crippen molar-refractivity contribution in [3.8, 4) is 0 Å². The van der Waals surface area contributed by atoms with E-state index >= 15 is 0 Å². The first kappa shape index (κ1) is 12.4. The smallest absolute Gasteiger partial charge is 0.236 e. The van der Waals surface area contributed by atoms with Crippen molar-refractivity contribution in [1.82, 2.24) is 15.1 Å². The summed E-state index contributed by atoms with van der Waals surface area (Å²) in [5.41, 5.74) is 0. The summed E-state index contributed by atoms with van der Waals surface area (Å²) < 4.78 is 0. The van der Waals surface area contributed by atoms with Gasteiger partial charge in [0.2, 0.25) is 11.8 Å². The van der Waals surface area contributed by atoms with Gasteiger partial charge in [-0.2, -0.15) is 0 Å². The second-order valence-corrected chi connectivity index (χ2v) is 4.76. The summed E-state index contributed by atoms with van der Waals surface area (Å²) in [6.45, 7) is 5.98. The normalized spacial score (nSPS) is 20.5. The van der Waals surface area contributed by atoms with Gasteiger partial charge in [0.05, 0.1) is 6.54 Å². The molecule has 0 aromatic carbocycles. The molecule has 1 aliphatic heterocycles. The Bertz CT molecular complexity index is 294. The highest BCUT2D eigenvalue weighted by atomic mass is 16.2. The molecule has 2 amide bonds. The van der Waals surface area contributed by atoms with Crippen molar-refractivity contribution in [2.45, 2.75) is 19.8 Å². The largest absolute Gasteiger partial charge is 0.339 e. The lowest BCUT2D eigenvalue weighted by Gasteiger charge is -2.35. The Kier molecular flexibility index (Phi) is 3.99. The Morgan fingerprint density at radius 2 is 1.71 bits per heavy atom. The number of carbonyl (C=O) groups excluding carboxylic acids is 2. The molecular formula is C12H21N3O2. The third kappa shape index (κ3) is 3.19. The van der Waals surface area contributed by atoms with E-state index in [1.807, 2.05) is 16.7 Å². The van der Waals surface area contributed by atoms with Crippen LogP contribution in [0.15, 0.2) is 0 Å². The van der Waals surface area contributed by atoms with Gasteiger partial charge in [-0.15, -0.1) is 0 Å². The predicted molar refractivity (Wildman–Crippen MR) is 64.4 cm³/mol. The summed E-state index contributed by atoms with van der Waals surface area (Å²) in [7, 11) is 0. The van der Waals surface area contributed by atoms with E-state index in [-0.39, 0.29) is 5.91 Å². The molecule has 5 heteroatoms. The third-order valence-corrected chi connectivity index (χ3v) is 3.40. The van der Waals surface area contributed by atoms with Gasteiger partial charge in [0.1, 0.15) is 0 Å². The number of amides is 2. The molecule has 1 aliphatic carbocycles. The summed E-state index contributed by atoms with van der Waals surface area (Å²) in [6.07, 6.45) is 2.11. The highest BCUT2D eigenvalue weighted by Gasteiger charge is 2.34. The predicted octanol–water partition coefficient (Wildman–Crippen LogP) is -0.323. The van der Waals surface area contributed by atoms with Crippen molar-refractivity contribution in [2.75, 3.05) is 39.3 Å². The topological polar surface area (TPSA) is 52.7 Å². The Balaban J connectivity index is 1.73. The van der Waals surface area contributed by atoms with E-state index < -0.39 is 0 Å². The Morgan fingerprint density at radius 1 is 1.12 bits per heavy atom. The van der Waals surface area contributed by atoms with Gasteiger partial charge in [0.25, 0.3) is 0 Å². The molecule has 0 atom stereocenters. The van der Waals surface area contributed by atoms with Crippen LogP contribution in [0.25, 0.3) is 0 Å². The summed E-state index contributed by atoms with van der Waals surface area (Å²) >= 11 is 0. The van der Waals surface area contributed by atoms with Crippen LogP contribution in [-0.2, 0) is 9.59 Å². The molecule has 0 spiro atoms. The quantitative estimate of drug-likeness (QED) is 0.731. The average molecular weight is 239 g/mol. The van der Waals surface area contributed by atoms with E-state index in [0.29, 0.717) is 44.5 Å². The molecule has 1 N–H and O–H groups in total. The lowest BCUT2D eigenvalue weighted by atomic mass is 10.2. The summed E-state index contributed by atoms with van der Waals surface area (Å²) in [5, 5.41) is 3.04. The van der Waals surface area contributed by atoms with E-state index in [1.165, 1.54) is 0 Å². The molecule has 1 saturated carbocycles. The summed E-state index contributed by atoms with van der Waals surface area (Å²) in [6, 6.07) is 0. The van der Waals surface area contributed by atoms with Crippen LogP contribution in [0.4, 0.5) is 0 Å². The maximum atomic E-state index is 11.8. The molecule has 17 heavy (non-hydrogen) atoms. The highest BCUT2D eigenvalue weighted by molar-refractivity contribution is 5.82. The number of nitrogens with zero attached hydrogens (tertiary/aromatic N) is 2. The number of hydrogen-bond acceptors (Lipinski definition) is 3. The van der Waals surface area contributed by atoms with Gasteiger partial charge < -0.3 is 15.1 Å². The third-order valence-electron chi connectivity index (χ3n) is 3.40. The van der Waals surface area contributed by atoms with E-state index in [9.17, 15) is 9.59 Å². The van der Waals surface area contributed by atoms with Crippen molar-refractivity contribution in [3.63, 3.8) is 0 Å². The molecule has 5 nitrogen and oxygen atoms in total. The second-order valence-electron chi connectivity index (χ2n) is 4.76. The zero-order valence-electron chi connectivity index (χ0n) is 10.4. The molecule has 2 aliphatic rings. The molecule has 0 bridgehead atoms. The van der Waals surface area contributed by atoms with E-state index in [0.717, 1.165) is 19.4 Å². The lowest BCUT2D eigenvalue weighted by Crippen LogP contribution is -2.52. The Morgan fingerprint density at radius 3 is 2.24 bits per heavy atom. The Hall–Kier alpha value is -1.10. The molecule has 2 rings (SSSR count). The summed E-state index contributed by atoms with van der Waals surface area (Å²) in [5.74, 6) is 0.730. The fourth-order valence-corrected chi connectivity index (χ4v) is 2.11. The van der Waals surface area contributed by atoms with Gasteiger partial charge in [0.15, 0.2) is 0 Å². The van der Waals surface area contributed by atoms with Crippen LogP contribution in [0.3, 0.4) is 0 Å². The first-order valence-corrected chi connectivity index (χ1v) is 6.49. The molecule has 1 heterocycles. The first-order valence-electron chi connectivity index (χ1n) is 6.49. The molecule has 0 radical (unpaired) electrons. The maximum Gasteiger partial charge on any atom is 0.236 e.